The van der Waals surface area contributed by atoms with E-state index in [0.717, 1.165) is 45.9 Å². The molecule has 3 nitrogen and oxygen atoms in total. The number of aromatic amines is 1. The molecule has 120 valence electrons. The maximum atomic E-state index is 6.37. The van der Waals surface area contributed by atoms with E-state index in [1.807, 2.05) is 18.3 Å². The first-order valence-electron chi connectivity index (χ1n) is 7.40. The van der Waals surface area contributed by atoms with Crippen LogP contribution >= 0.6 is 39.1 Å². The topological polar surface area (TPSA) is 54.7 Å². The highest BCUT2D eigenvalue weighted by molar-refractivity contribution is 9.10. The maximum Gasteiger partial charge on any atom is 0.0662 e. The van der Waals surface area contributed by atoms with Crippen molar-refractivity contribution < 1.29 is 0 Å². The Labute approximate surface area is 153 Å². The number of halogens is 3. The predicted molar refractivity (Wildman–Crippen MR) is 101 cm³/mol. The molecule has 0 unspecified atom stereocenters. The molecule has 0 fully saturated rings. The molecule has 0 aliphatic heterocycles. The van der Waals surface area contributed by atoms with Crippen molar-refractivity contribution in [2.75, 3.05) is 6.54 Å². The largest absolute Gasteiger partial charge is 0.353 e. The number of unbranched alkanes of at least 4 members (excludes halogenated alkanes) is 1. The fourth-order valence-electron chi connectivity index (χ4n) is 2.77. The molecule has 1 aromatic carbocycles. The van der Waals surface area contributed by atoms with Gasteiger partial charge in [-0.15, -0.1) is 0 Å². The van der Waals surface area contributed by atoms with E-state index >= 15 is 0 Å². The Bertz CT molecular complexity index is 845. The van der Waals surface area contributed by atoms with E-state index in [1.54, 1.807) is 12.3 Å². The fourth-order valence-corrected chi connectivity index (χ4v) is 3.68. The van der Waals surface area contributed by atoms with E-state index in [9.17, 15) is 0 Å². The summed E-state index contributed by atoms with van der Waals surface area (Å²) in [5, 5.41) is 2.33. The first-order chi connectivity index (χ1) is 11.1. The number of aryl methyl sites for hydroxylation is 1. The Morgan fingerprint density at radius 2 is 1.96 bits per heavy atom. The summed E-state index contributed by atoms with van der Waals surface area (Å²) in [6.07, 6.45) is 6.52. The minimum Gasteiger partial charge on any atom is -0.353 e. The van der Waals surface area contributed by atoms with Crippen molar-refractivity contribution >= 4 is 50.0 Å². The first kappa shape index (κ1) is 16.8. The minimum atomic E-state index is 0.627. The smallest absolute Gasteiger partial charge is 0.0662 e. The summed E-state index contributed by atoms with van der Waals surface area (Å²) in [7, 11) is 0. The average molecular weight is 413 g/mol. The fraction of sp³-hybridized carbons (Fsp3) is 0.235. The van der Waals surface area contributed by atoms with Gasteiger partial charge in [0.15, 0.2) is 0 Å². The van der Waals surface area contributed by atoms with E-state index in [2.05, 4.69) is 25.9 Å². The van der Waals surface area contributed by atoms with Gasteiger partial charge in [-0.1, -0.05) is 23.2 Å². The van der Waals surface area contributed by atoms with Gasteiger partial charge in [0.2, 0.25) is 0 Å². The molecule has 0 saturated carbocycles. The molecule has 3 N–H and O–H groups in total. The van der Waals surface area contributed by atoms with Crippen molar-refractivity contribution in [3.8, 4) is 11.3 Å². The molecule has 0 aliphatic rings. The van der Waals surface area contributed by atoms with Crippen molar-refractivity contribution in [2.45, 2.75) is 19.3 Å². The number of rotatable bonds is 5. The number of aromatic nitrogens is 2. The molecule has 23 heavy (non-hydrogen) atoms. The van der Waals surface area contributed by atoms with Gasteiger partial charge in [-0.3, -0.25) is 4.98 Å². The van der Waals surface area contributed by atoms with Gasteiger partial charge < -0.3 is 10.7 Å². The lowest BCUT2D eigenvalue weighted by Gasteiger charge is -2.05. The predicted octanol–water partition coefficient (Wildman–Crippen LogP) is 5.58. The summed E-state index contributed by atoms with van der Waals surface area (Å²) in [5.41, 5.74) is 9.80. The number of hydrogen-bond donors (Lipinski definition) is 2. The van der Waals surface area contributed by atoms with Crippen LogP contribution in [-0.2, 0) is 6.42 Å². The molecule has 0 bridgehead atoms. The van der Waals surface area contributed by atoms with Gasteiger partial charge in [-0.25, -0.2) is 0 Å². The third-order valence-corrected chi connectivity index (χ3v) is 4.76. The van der Waals surface area contributed by atoms with Crippen LogP contribution in [0.2, 0.25) is 10.0 Å². The number of hydrogen-bond acceptors (Lipinski definition) is 2. The van der Waals surface area contributed by atoms with Crippen molar-refractivity contribution in [3.05, 3.63) is 50.7 Å². The molecule has 2 aromatic heterocycles. The van der Waals surface area contributed by atoms with Gasteiger partial charge >= 0.3 is 0 Å². The molecule has 0 aliphatic carbocycles. The molecule has 3 rings (SSSR count). The summed E-state index contributed by atoms with van der Waals surface area (Å²) in [5.74, 6) is 0. The van der Waals surface area contributed by atoms with Crippen LogP contribution in [0.4, 0.5) is 0 Å². The highest BCUT2D eigenvalue weighted by Crippen LogP contribution is 2.37. The third kappa shape index (κ3) is 3.56. The third-order valence-electron chi connectivity index (χ3n) is 3.81. The summed E-state index contributed by atoms with van der Waals surface area (Å²) in [4.78, 5) is 7.71. The zero-order chi connectivity index (χ0) is 16.4. The maximum absolute atomic E-state index is 6.37. The standard InChI is InChI=1S/C17H16BrCl2N3/c18-11-5-10(8-22-9-11)16-13(3-1-2-4-21)14-6-12(19)7-15(20)17(14)23-16/h5-9,23H,1-4,21H2. The lowest BCUT2D eigenvalue weighted by molar-refractivity contribution is 0.748. The zero-order valence-electron chi connectivity index (χ0n) is 12.4. The molecular weight excluding hydrogens is 397 g/mol. The van der Waals surface area contributed by atoms with E-state index in [0.29, 0.717) is 16.6 Å². The molecule has 0 atom stereocenters. The number of benzene rings is 1. The number of H-pyrrole nitrogens is 1. The summed E-state index contributed by atoms with van der Waals surface area (Å²) < 4.78 is 0.936. The Balaban J connectivity index is 2.19. The Hall–Kier alpha value is -1.07. The summed E-state index contributed by atoms with van der Waals surface area (Å²) in [6, 6.07) is 5.76. The quantitative estimate of drug-likeness (QED) is 0.537. The lowest BCUT2D eigenvalue weighted by atomic mass is 10.0. The van der Waals surface area contributed by atoms with Crippen LogP contribution < -0.4 is 5.73 Å². The average Bonchev–Trinajstić information content (AvgIpc) is 2.87. The molecule has 3 aromatic rings. The van der Waals surface area contributed by atoms with Crippen LogP contribution in [0.15, 0.2) is 35.1 Å². The van der Waals surface area contributed by atoms with E-state index < -0.39 is 0 Å². The van der Waals surface area contributed by atoms with Crippen LogP contribution in [0.3, 0.4) is 0 Å². The highest BCUT2D eigenvalue weighted by Gasteiger charge is 2.16. The van der Waals surface area contributed by atoms with Crippen molar-refractivity contribution in [1.29, 1.82) is 0 Å². The van der Waals surface area contributed by atoms with Crippen LogP contribution in [0, 0.1) is 0 Å². The van der Waals surface area contributed by atoms with E-state index in [4.69, 9.17) is 28.9 Å². The van der Waals surface area contributed by atoms with Crippen molar-refractivity contribution in [1.82, 2.24) is 9.97 Å². The Kier molecular flexibility index (Phi) is 5.27. The van der Waals surface area contributed by atoms with Gasteiger partial charge in [-0.05, 0) is 65.5 Å². The van der Waals surface area contributed by atoms with Gasteiger partial charge in [0.05, 0.1) is 16.2 Å². The molecule has 2 heterocycles. The number of nitrogens with zero attached hydrogens (tertiary/aromatic N) is 1. The van der Waals surface area contributed by atoms with Crippen LogP contribution in [0.1, 0.15) is 18.4 Å². The molecular formula is C17H16BrCl2N3. The molecule has 0 amide bonds. The number of nitrogens with two attached hydrogens (primary N) is 1. The minimum absolute atomic E-state index is 0.627. The van der Waals surface area contributed by atoms with E-state index in [-0.39, 0.29) is 0 Å². The van der Waals surface area contributed by atoms with Gasteiger partial charge in [-0.2, -0.15) is 0 Å². The van der Waals surface area contributed by atoms with Crippen molar-refractivity contribution in [3.63, 3.8) is 0 Å². The molecule has 0 spiro atoms. The number of nitrogens with one attached hydrogen (secondary N) is 1. The Morgan fingerprint density at radius 3 is 2.70 bits per heavy atom. The first-order valence-corrected chi connectivity index (χ1v) is 8.95. The molecule has 0 saturated heterocycles. The Morgan fingerprint density at radius 1 is 1.13 bits per heavy atom. The molecule has 6 heteroatoms. The van der Waals surface area contributed by atoms with Gasteiger partial charge in [0.25, 0.3) is 0 Å². The van der Waals surface area contributed by atoms with Crippen LogP contribution in [-0.4, -0.2) is 16.5 Å². The second kappa shape index (κ2) is 7.22. The van der Waals surface area contributed by atoms with Crippen LogP contribution in [0.25, 0.3) is 22.2 Å². The van der Waals surface area contributed by atoms with Gasteiger partial charge in [0, 0.05) is 32.8 Å². The second-order valence-electron chi connectivity index (χ2n) is 5.43. The summed E-state index contributed by atoms with van der Waals surface area (Å²) >= 11 is 16.0. The normalized spacial score (nSPS) is 11.3. The zero-order valence-corrected chi connectivity index (χ0v) is 15.5. The highest BCUT2D eigenvalue weighted by atomic mass is 79.9. The second-order valence-corrected chi connectivity index (χ2v) is 7.19. The SMILES string of the molecule is NCCCCc1c(-c2cncc(Br)c2)[nH]c2c(Cl)cc(Cl)cc12. The number of fused-ring (bicyclic) bond motifs is 1. The summed E-state index contributed by atoms with van der Waals surface area (Å²) in [6.45, 7) is 0.692. The van der Waals surface area contributed by atoms with Gasteiger partial charge in [0.1, 0.15) is 0 Å². The van der Waals surface area contributed by atoms with Crippen LogP contribution in [0.5, 0.6) is 0 Å². The monoisotopic (exact) mass is 411 g/mol. The van der Waals surface area contributed by atoms with Crippen molar-refractivity contribution in [2.24, 2.45) is 5.73 Å². The molecule has 0 radical (unpaired) electrons. The lowest BCUT2D eigenvalue weighted by Crippen LogP contribution is -1.99. The van der Waals surface area contributed by atoms with E-state index in [1.165, 1.54) is 5.56 Å². The number of pyridine rings is 1.